The van der Waals surface area contributed by atoms with Crippen molar-refractivity contribution in [2.75, 3.05) is 58.9 Å². The van der Waals surface area contributed by atoms with Gasteiger partial charge >= 0.3 is 0 Å². The first-order valence-electron chi connectivity index (χ1n) is 35.4. The Kier molecular flexibility index (Phi) is 23.9. The quantitative estimate of drug-likeness (QED) is 0.0559. The van der Waals surface area contributed by atoms with Crippen LogP contribution in [0.3, 0.4) is 0 Å². The summed E-state index contributed by atoms with van der Waals surface area (Å²) in [6.07, 6.45) is 21.0. The number of nitrogens with one attached hydrogen (secondary N) is 3. The number of nitrogens with two attached hydrogens (primary N) is 3. The maximum absolute atomic E-state index is 11.4. The van der Waals surface area contributed by atoms with Crippen LogP contribution >= 0.6 is 34.0 Å². The zero-order valence-corrected chi connectivity index (χ0v) is 61.9. The number of hydrogen-bond acceptors (Lipinski definition) is 15. The number of thiophene rings is 3. The van der Waals surface area contributed by atoms with Crippen molar-refractivity contribution < 1.29 is 14.4 Å². The van der Waals surface area contributed by atoms with Crippen molar-refractivity contribution in [1.29, 1.82) is 0 Å². The molecular formula is C78H108N18O3S3. The highest BCUT2D eigenvalue weighted by Gasteiger charge is 2.32. The van der Waals surface area contributed by atoms with E-state index in [1.54, 1.807) is 19.0 Å². The van der Waals surface area contributed by atoms with Gasteiger partial charge in [-0.05, 0) is 242 Å². The number of H-pyrrole nitrogens is 3. The fraction of sp³-hybridized carbons (Fsp3) is 0.500. The first-order chi connectivity index (χ1) is 47.5. The minimum absolute atomic E-state index is 0. The minimum Gasteiger partial charge on any atom is -0.369 e. The summed E-state index contributed by atoms with van der Waals surface area (Å²) in [5.74, 6) is 2.07. The molecule has 12 aromatic rings. The summed E-state index contributed by atoms with van der Waals surface area (Å²) in [6, 6.07) is 6.63. The van der Waals surface area contributed by atoms with Crippen LogP contribution in [0, 0.1) is 41.5 Å². The van der Waals surface area contributed by atoms with Gasteiger partial charge in [0.1, 0.15) is 33.5 Å². The number of rotatable bonds is 15. The molecule has 3 saturated heterocycles. The summed E-state index contributed by atoms with van der Waals surface area (Å²) in [5, 5.41) is 17.3. The van der Waals surface area contributed by atoms with Crippen molar-refractivity contribution in [3.63, 3.8) is 0 Å². The molecule has 102 heavy (non-hydrogen) atoms. The third kappa shape index (κ3) is 15.3. The number of nitrogens with zero attached hydrogens (tertiary/aromatic N) is 12. The molecule has 3 fully saturated rings. The van der Waals surface area contributed by atoms with Gasteiger partial charge in [0.25, 0.3) is 0 Å². The van der Waals surface area contributed by atoms with E-state index in [2.05, 4.69) is 180 Å². The summed E-state index contributed by atoms with van der Waals surface area (Å²) >= 11 is 5.73. The molecule has 15 rings (SSSR count). The van der Waals surface area contributed by atoms with Crippen LogP contribution in [0.4, 0.5) is 0 Å². The van der Waals surface area contributed by atoms with E-state index >= 15 is 0 Å². The standard InChI is InChI=1S/3C25H32N6OS.3CH4/c3*1-14(2)20-21-16(4)23(17-6-5-8-30(9-7-17)12-19(26)32)33-25(21)29-22(20)18-10-15(3)24-27-13-28-31(24)11-18;;;/h3*10-11,13-14,17,29H,5-9,12H2,1-4H3,(H2,26,32);3*1H4/t2*17-;;;;/m10..../s1. The third-order valence-corrected chi connectivity index (χ3v) is 25.0. The highest BCUT2D eigenvalue weighted by Crippen LogP contribution is 2.50. The topological polar surface area (TPSA) is 277 Å². The Balaban J connectivity index is 0.000000162. The van der Waals surface area contributed by atoms with Crippen molar-refractivity contribution in [2.24, 2.45) is 17.2 Å². The molecule has 0 saturated carbocycles. The maximum atomic E-state index is 11.4. The molecule has 3 amide bonds. The lowest BCUT2D eigenvalue weighted by Crippen LogP contribution is -2.34. The number of amides is 3. The molecule has 9 N–H and O–H groups in total. The van der Waals surface area contributed by atoms with Gasteiger partial charge in [0.05, 0.1) is 36.7 Å². The van der Waals surface area contributed by atoms with E-state index in [4.69, 9.17) is 17.2 Å². The lowest BCUT2D eigenvalue weighted by molar-refractivity contribution is -0.120. The second-order valence-corrected chi connectivity index (χ2v) is 32.2. The highest BCUT2D eigenvalue weighted by molar-refractivity contribution is 7.19. The number of aryl methyl sites for hydroxylation is 6. The lowest BCUT2D eigenvalue weighted by atomic mass is 9.92. The Morgan fingerprint density at radius 3 is 0.941 bits per heavy atom. The molecule has 3 aliphatic rings. The van der Waals surface area contributed by atoms with Gasteiger partial charge in [-0.3, -0.25) is 29.1 Å². The van der Waals surface area contributed by atoms with E-state index < -0.39 is 0 Å². The van der Waals surface area contributed by atoms with Crippen molar-refractivity contribution in [2.45, 2.75) is 199 Å². The number of fused-ring (bicyclic) bond motifs is 6. The Morgan fingerprint density at radius 1 is 0.431 bits per heavy atom. The van der Waals surface area contributed by atoms with Gasteiger partial charge in [-0.25, -0.2) is 28.5 Å². The zero-order valence-electron chi connectivity index (χ0n) is 59.4. The molecule has 546 valence electrons. The van der Waals surface area contributed by atoms with E-state index in [1.165, 1.54) is 95.7 Å². The molecule has 12 aromatic heterocycles. The molecule has 0 radical (unpaired) electrons. The monoisotopic (exact) mass is 1440 g/mol. The summed E-state index contributed by atoms with van der Waals surface area (Å²) in [7, 11) is 0. The van der Waals surface area contributed by atoms with Crippen molar-refractivity contribution in [1.82, 2.24) is 73.4 Å². The summed E-state index contributed by atoms with van der Waals surface area (Å²) in [6.45, 7) is 33.5. The second kappa shape index (κ2) is 31.9. The molecule has 0 bridgehead atoms. The molecule has 15 heterocycles. The van der Waals surface area contributed by atoms with Gasteiger partial charge in [-0.2, -0.15) is 15.3 Å². The summed E-state index contributed by atoms with van der Waals surface area (Å²) in [5.41, 5.74) is 37.7. The molecule has 0 aromatic carbocycles. The maximum Gasteiger partial charge on any atom is 0.231 e. The Labute approximate surface area is 612 Å². The molecule has 0 aliphatic carbocycles. The molecule has 3 atom stereocenters. The van der Waals surface area contributed by atoms with Gasteiger partial charge in [0, 0.05) is 66.1 Å². The van der Waals surface area contributed by atoms with Gasteiger partial charge in [-0.1, -0.05) is 63.8 Å². The van der Waals surface area contributed by atoms with Crippen LogP contribution in [0.1, 0.15) is 222 Å². The Hall–Kier alpha value is -8.13. The van der Waals surface area contributed by atoms with Gasteiger partial charge < -0.3 is 32.2 Å². The molecule has 21 nitrogen and oxygen atoms in total. The first-order valence-corrected chi connectivity index (χ1v) is 37.8. The molecule has 0 spiro atoms. The van der Waals surface area contributed by atoms with Crippen LogP contribution < -0.4 is 17.2 Å². The number of hydrogen-bond donors (Lipinski definition) is 6. The van der Waals surface area contributed by atoms with Crippen LogP contribution in [-0.2, 0) is 14.4 Å². The minimum atomic E-state index is -0.234. The average molecular weight is 1440 g/mol. The highest BCUT2D eigenvalue weighted by atomic mass is 32.1. The number of carbonyl (C=O) groups is 3. The van der Waals surface area contributed by atoms with E-state index in [9.17, 15) is 14.4 Å². The number of aromatic amines is 3. The number of pyridine rings is 3. The Bertz CT molecular complexity index is 4480. The van der Waals surface area contributed by atoms with Crippen LogP contribution in [0.5, 0.6) is 0 Å². The summed E-state index contributed by atoms with van der Waals surface area (Å²) < 4.78 is 5.60. The van der Waals surface area contributed by atoms with Crippen LogP contribution in [-0.4, -0.2) is 150 Å². The van der Waals surface area contributed by atoms with E-state index in [0.29, 0.717) is 55.1 Å². The predicted molar refractivity (Wildman–Crippen MR) is 422 cm³/mol. The zero-order chi connectivity index (χ0) is 69.8. The van der Waals surface area contributed by atoms with Crippen LogP contribution in [0.15, 0.2) is 55.8 Å². The molecule has 1 unspecified atom stereocenters. The van der Waals surface area contributed by atoms with Gasteiger partial charge in [0.15, 0.2) is 16.9 Å². The summed E-state index contributed by atoms with van der Waals surface area (Å²) in [4.78, 5) is 73.4. The normalized spacial score (nSPS) is 17.4. The molecule has 3 aliphatic heterocycles. The number of primary amides is 3. The third-order valence-electron chi connectivity index (χ3n) is 20.9. The lowest BCUT2D eigenvalue weighted by Gasteiger charge is -2.18. The molecule has 24 heteroatoms. The van der Waals surface area contributed by atoms with E-state index in [-0.39, 0.29) is 40.0 Å². The van der Waals surface area contributed by atoms with E-state index in [1.807, 2.05) is 47.6 Å². The first kappa shape index (κ1) is 76.5. The van der Waals surface area contributed by atoms with Gasteiger partial charge in [-0.15, -0.1) is 34.0 Å². The SMILES string of the molecule is C.C.C.Cc1c(C2CCCN(CC(N)=O)CC2)sc2[nH]c(-c3cc(C)c4ncnn4c3)c(C(C)C)c12.Cc1c([C@@H]2CCCN(CC(N)=O)CC2)sc2[nH]c(-c3cc(C)c4ncnn4c3)c(C(C)C)c12.Cc1c([C@H]2CCCN(CC(N)=O)CC2)sc2[nH]c(-c3cc(C)c4ncnn4c3)c(C(C)C)c12. The number of likely N-dealkylation sites (tertiary alicyclic amines) is 3. The van der Waals surface area contributed by atoms with E-state index in [0.717, 1.165) is 147 Å². The van der Waals surface area contributed by atoms with Crippen molar-refractivity contribution in [3.05, 3.63) is 120 Å². The number of carbonyl (C=O) groups excluding carboxylic acids is 3. The fourth-order valence-corrected chi connectivity index (χ4v) is 20.6. The fourth-order valence-electron chi connectivity index (χ4n) is 16.4. The van der Waals surface area contributed by atoms with Gasteiger partial charge in [0.2, 0.25) is 17.7 Å². The number of aromatic nitrogens is 12. The van der Waals surface area contributed by atoms with Crippen LogP contribution in [0.25, 0.3) is 81.4 Å². The molecular weight excluding hydrogens is 1330 g/mol. The van der Waals surface area contributed by atoms with Crippen LogP contribution in [0.2, 0.25) is 0 Å². The average Bonchev–Trinajstić information content (AvgIpc) is 1.60. The Morgan fingerprint density at radius 2 is 0.696 bits per heavy atom. The smallest absolute Gasteiger partial charge is 0.231 e. The second-order valence-electron chi connectivity index (χ2n) is 29.0. The van der Waals surface area contributed by atoms with Crippen molar-refractivity contribution >= 4 is 99.3 Å². The van der Waals surface area contributed by atoms with Crippen molar-refractivity contribution in [3.8, 4) is 33.8 Å². The predicted octanol–water partition coefficient (Wildman–Crippen LogP) is 16.1. The largest absolute Gasteiger partial charge is 0.369 e.